The van der Waals surface area contributed by atoms with Crippen LogP contribution in [0.5, 0.6) is 0 Å². The molecule has 112 valence electrons. The Hall–Kier alpha value is -1.86. The second-order valence-electron chi connectivity index (χ2n) is 6.61. The summed E-state index contributed by atoms with van der Waals surface area (Å²) in [6.45, 7) is 7.88. The number of hydrogen-bond donors (Lipinski definition) is 1. The molecule has 1 N–H and O–H groups in total. The highest BCUT2D eigenvalue weighted by molar-refractivity contribution is 5.94. The number of ether oxygens (including phenoxy) is 1. The fourth-order valence-corrected chi connectivity index (χ4v) is 2.82. The van der Waals surface area contributed by atoms with Crippen LogP contribution in [0.1, 0.15) is 43.1 Å². The maximum atomic E-state index is 12.1. The van der Waals surface area contributed by atoms with E-state index in [9.17, 15) is 4.79 Å². The van der Waals surface area contributed by atoms with Gasteiger partial charge in [-0.2, -0.15) is 5.26 Å². The van der Waals surface area contributed by atoms with Crippen LogP contribution < -0.4 is 5.32 Å². The smallest absolute Gasteiger partial charge is 0.251 e. The van der Waals surface area contributed by atoms with Crippen LogP contribution in [0, 0.1) is 22.7 Å². The lowest BCUT2D eigenvalue weighted by Gasteiger charge is -2.31. The summed E-state index contributed by atoms with van der Waals surface area (Å²) in [7, 11) is 0. The van der Waals surface area contributed by atoms with Crippen molar-refractivity contribution >= 4 is 5.91 Å². The van der Waals surface area contributed by atoms with E-state index in [1.165, 1.54) is 0 Å². The highest BCUT2D eigenvalue weighted by atomic mass is 16.5. The Balaban J connectivity index is 1.93. The Bertz CT molecular complexity index is 537. The minimum atomic E-state index is -0.0981. The first-order valence-corrected chi connectivity index (χ1v) is 7.32. The summed E-state index contributed by atoms with van der Waals surface area (Å²) in [4.78, 5) is 12.1. The van der Waals surface area contributed by atoms with Crippen LogP contribution in [0.15, 0.2) is 24.3 Å². The lowest BCUT2D eigenvalue weighted by atomic mass is 9.81. The Morgan fingerprint density at radius 3 is 2.62 bits per heavy atom. The SMILES string of the molecule is CC(C)(C)[C@H]1OCC[C@@H]1CNC(=O)c1ccc(C#N)cc1. The van der Waals surface area contributed by atoms with E-state index in [-0.39, 0.29) is 17.4 Å². The van der Waals surface area contributed by atoms with E-state index < -0.39 is 0 Å². The van der Waals surface area contributed by atoms with Crippen LogP contribution in [0.25, 0.3) is 0 Å². The molecular formula is C17H22N2O2. The number of benzene rings is 1. The van der Waals surface area contributed by atoms with Gasteiger partial charge in [0.1, 0.15) is 0 Å². The summed E-state index contributed by atoms with van der Waals surface area (Å²) >= 11 is 0. The largest absolute Gasteiger partial charge is 0.377 e. The zero-order valence-corrected chi connectivity index (χ0v) is 12.8. The van der Waals surface area contributed by atoms with Gasteiger partial charge in [-0.3, -0.25) is 4.79 Å². The van der Waals surface area contributed by atoms with Crippen molar-refractivity contribution in [1.29, 1.82) is 5.26 Å². The molecule has 0 unspecified atom stereocenters. The average Bonchev–Trinajstić information content (AvgIpc) is 2.93. The molecule has 2 rings (SSSR count). The minimum Gasteiger partial charge on any atom is -0.377 e. The Morgan fingerprint density at radius 1 is 1.38 bits per heavy atom. The third-order valence-electron chi connectivity index (χ3n) is 3.87. The molecule has 21 heavy (non-hydrogen) atoms. The molecule has 1 aliphatic heterocycles. The zero-order valence-electron chi connectivity index (χ0n) is 12.8. The van der Waals surface area contributed by atoms with Crippen LogP contribution in [0.3, 0.4) is 0 Å². The summed E-state index contributed by atoms with van der Waals surface area (Å²) in [5.74, 6) is 0.256. The maximum Gasteiger partial charge on any atom is 0.251 e. The van der Waals surface area contributed by atoms with Gasteiger partial charge in [-0.25, -0.2) is 0 Å². The molecule has 0 aliphatic carbocycles. The van der Waals surface area contributed by atoms with Gasteiger partial charge in [0.2, 0.25) is 0 Å². The van der Waals surface area contributed by atoms with E-state index >= 15 is 0 Å². The first-order valence-electron chi connectivity index (χ1n) is 7.32. The van der Waals surface area contributed by atoms with E-state index in [2.05, 4.69) is 26.1 Å². The lowest BCUT2D eigenvalue weighted by Crippen LogP contribution is -2.38. The first kappa shape index (κ1) is 15.5. The lowest BCUT2D eigenvalue weighted by molar-refractivity contribution is 0.00737. The van der Waals surface area contributed by atoms with Gasteiger partial charge in [0.25, 0.3) is 5.91 Å². The number of nitrogens with zero attached hydrogens (tertiary/aromatic N) is 1. The van der Waals surface area contributed by atoms with Crippen molar-refractivity contribution < 1.29 is 9.53 Å². The second-order valence-corrected chi connectivity index (χ2v) is 6.61. The van der Waals surface area contributed by atoms with E-state index in [1.54, 1.807) is 24.3 Å². The van der Waals surface area contributed by atoms with Crippen LogP contribution in [-0.4, -0.2) is 25.2 Å². The number of nitriles is 1. The highest BCUT2D eigenvalue weighted by Gasteiger charge is 2.37. The summed E-state index contributed by atoms with van der Waals surface area (Å²) in [5.41, 5.74) is 1.23. The van der Waals surface area contributed by atoms with Crippen molar-refractivity contribution in [3.63, 3.8) is 0 Å². The van der Waals surface area contributed by atoms with Crippen LogP contribution in [-0.2, 0) is 4.74 Å². The molecule has 1 aromatic carbocycles. The predicted octanol–water partition coefficient (Wildman–Crippen LogP) is 2.74. The minimum absolute atomic E-state index is 0.0837. The third kappa shape index (κ3) is 3.83. The predicted molar refractivity (Wildman–Crippen MR) is 80.8 cm³/mol. The number of carbonyl (C=O) groups is 1. The normalized spacial score (nSPS) is 21.8. The van der Waals surface area contributed by atoms with Gasteiger partial charge >= 0.3 is 0 Å². The van der Waals surface area contributed by atoms with Crippen molar-refractivity contribution in [2.24, 2.45) is 11.3 Å². The molecule has 0 aromatic heterocycles. The van der Waals surface area contributed by atoms with Crippen molar-refractivity contribution in [3.8, 4) is 6.07 Å². The van der Waals surface area contributed by atoms with Gasteiger partial charge < -0.3 is 10.1 Å². The topological polar surface area (TPSA) is 62.1 Å². The van der Waals surface area contributed by atoms with Gasteiger partial charge in [-0.1, -0.05) is 20.8 Å². The molecule has 2 atom stereocenters. The number of rotatable bonds is 3. The van der Waals surface area contributed by atoms with Crippen LogP contribution in [0.4, 0.5) is 0 Å². The molecule has 0 saturated carbocycles. The van der Waals surface area contributed by atoms with Crippen LogP contribution >= 0.6 is 0 Å². The standard InChI is InChI=1S/C17H22N2O2/c1-17(2,3)15-14(8-9-21-15)11-19-16(20)13-6-4-12(10-18)5-7-13/h4-7,14-15H,8-9,11H2,1-3H3,(H,19,20)/t14-,15+/m1/s1. The molecule has 4 heteroatoms. The van der Waals surface area contributed by atoms with Gasteiger partial charge in [0.05, 0.1) is 17.7 Å². The molecule has 1 saturated heterocycles. The molecule has 1 aromatic rings. The summed E-state index contributed by atoms with van der Waals surface area (Å²) < 4.78 is 5.81. The second kappa shape index (κ2) is 6.28. The molecule has 0 spiro atoms. The maximum absolute atomic E-state index is 12.1. The zero-order chi connectivity index (χ0) is 15.5. The first-order chi connectivity index (χ1) is 9.91. The molecular weight excluding hydrogens is 264 g/mol. The molecule has 1 fully saturated rings. The Morgan fingerprint density at radius 2 is 2.05 bits per heavy atom. The third-order valence-corrected chi connectivity index (χ3v) is 3.87. The van der Waals surface area contributed by atoms with Crippen molar-refractivity contribution in [3.05, 3.63) is 35.4 Å². The fraction of sp³-hybridized carbons (Fsp3) is 0.529. The Kier molecular flexibility index (Phi) is 4.64. The van der Waals surface area contributed by atoms with Gasteiger partial charge in [-0.05, 0) is 36.1 Å². The van der Waals surface area contributed by atoms with Gasteiger partial charge in [0.15, 0.2) is 0 Å². The van der Waals surface area contributed by atoms with Gasteiger partial charge in [-0.15, -0.1) is 0 Å². The van der Waals surface area contributed by atoms with Crippen molar-refractivity contribution in [1.82, 2.24) is 5.32 Å². The van der Waals surface area contributed by atoms with Crippen molar-refractivity contribution in [2.75, 3.05) is 13.2 Å². The molecule has 1 heterocycles. The molecule has 0 bridgehead atoms. The number of amides is 1. The number of nitrogens with one attached hydrogen (secondary N) is 1. The van der Waals surface area contributed by atoms with E-state index in [0.29, 0.717) is 23.6 Å². The monoisotopic (exact) mass is 286 g/mol. The van der Waals surface area contributed by atoms with Gasteiger partial charge in [0, 0.05) is 24.6 Å². The summed E-state index contributed by atoms with van der Waals surface area (Å²) in [5, 5.41) is 11.7. The summed E-state index contributed by atoms with van der Waals surface area (Å²) in [6.07, 6.45) is 1.16. The Labute approximate surface area is 126 Å². The average molecular weight is 286 g/mol. The molecule has 4 nitrogen and oxygen atoms in total. The quantitative estimate of drug-likeness (QED) is 0.929. The number of hydrogen-bond acceptors (Lipinski definition) is 3. The highest BCUT2D eigenvalue weighted by Crippen LogP contribution is 2.34. The molecule has 1 amide bonds. The van der Waals surface area contributed by atoms with E-state index in [4.69, 9.17) is 10.00 Å². The molecule has 0 radical (unpaired) electrons. The van der Waals surface area contributed by atoms with E-state index in [0.717, 1.165) is 13.0 Å². The van der Waals surface area contributed by atoms with Crippen LogP contribution in [0.2, 0.25) is 0 Å². The van der Waals surface area contributed by atoms with Crippen molar-refractivity contribution in [2.45, 2.75) is 33.3 Å². The number of carbonyl (C=O) groups excluding carboxylic acids is 1. The van der Waals surface area contributed by atoms with E-state index in [1.807, 2.05) is 6.07 Å². The molecule has 1 aliphatic rings. The summed E-state index contributed by atoms with van der Waals surface area (Å²) in [6, 6.07) is 8.72. The fourth-order valence-electron chi connectivity index (χ4n) is 2.82.